The van der Waals surface area contributed by atoms with Crippen LogP contribution < -0.4 is 15.8 Å². The molecule has 0 radical (unpaired) electrons. The standard InChI is InChI=1S/C16H19NO2/c1-12(18)17-10-9-14-6-3-5-13-7-4-8-15(19-2)11-16(13)14/h3-8,11,15H,9-10H2,1-2H3,(H,17,18). The van der Waals surface area contributed by atoms with Gasteiger partial charge in [-0.15, -0.1) is 0 Å². The van der Waals surface area contributed by atoms with E-state index in [4.69, 9.17) is 4.74 Å². The SMILES string of the molecule is COC1C=CC=c2cccc(CCNC(C)=O)c2=C1. The zero-order valence-electron chi connectivity index (χ0n) is 11.3. The van der Waals surface area contributed by atoms with Gasteiger partial charge in [0, 0.05) is 20.6 Å². The molecular weight excluding hydrogens is 238 g/mol. The number of hydrogen-bond donors (Lipinski definition) is 1. The van der Waals surface area contributed by atoms with Crippen LogP contribution in [0.1, 0.15) is 12.5 Å². The van der Waals surface area contributed by atoms with E-state index in [1.807, 2.05) is 18.2 Å². The van der Waals surface area contributed by atoms with Crippen molar-refractivity contribution < 1.29 is 9.53 Å². The third kappa shape index (κ3) is 3.55. The molecule has 19 heavy (non-hydrogen) atoms. The average Bonchev–Trinajstić information content (AvgIpc) is 2.60. The summed E-state index contributed by atoms with van der Waals surface area (Å²) in [7, 11) is 1.70. The molecule has 1 unspecified atom stereocenters. The summed E-state index contributed by atoms with van der Waals surface area (Å²) < 4.78 is 5.39. The Morgan fingerprint density at radius 3 is 3.00 bits per heavy atom. The Kier molecular flexibility index (Phi) is 4.53. The highest BCUT2D eigenvalue weighted by molar-refractivity contribution is 5.72. The molecule has 1 aromatic rings. The molecule has 0 heterocycles. The van der Waals surface area contributed by atoms with Gasteiger partial charge in [-0.25, -0.2) is 0 Å². The van der Waals surface area contributed by atoms with E-state index in [1.165, 1.54) is 22.9 Å². The summed E-state index contributed by atoms with van der Waals surface area (Å²) in [4.78, 5) is 10.9. The molecule has 1 atom stereocenters. The maximum absolute atomic E-state index is 10.9. The van der Waals surface area contributed by atoms with Gasteiger partial charge in [0.15, 0.2) is 0 Å². The normalized spacial score (nSPS) is 16.8. The van der Waals surface area contributed by atoms with E-state index in [2.05, 4.69) is 29.6 Å². The van der Waals surface area contributed by atoms with Crippen LogP contribution in [-0.2, 0) is 16.0 Å². The minimum atomic E-state index is -0.000540. The van der Waals surface area contributed by atoms with Crippen molar-refractivity contribution in [3.05, 3.63) is 46.4 Å². The lowest BCUT2D eigenvalue weighted by molar-refractivity contribution is -0.118. The molecule has 0 spiro atoms. The number of nitrogens with one attached hydrogen (secondary N) is 1. The Labute approximate surface area is 113 Å². The van der Waals surface area contributed by atoms with Crippen LogP contribution in [-0.4, -0.2) is 25.7 Å². The Morgan fingerprint density at radius 2 is 2.26 bits per heavy atom. The number of methoxy groups -OCH3 is 1. The van der Waals surface area contributed by atoms with E-state index in [0.717, 1.165) is 6.42 Å². The highest BCUT2D eigenvalue weighted by atomic mass is 16.5. The lowest BCUT2D eigenvalue weighted by Crippen LogP contribution is -2.32. The third-order valence-electron chi connectivity index (χ3n) is 3.18. The van der Waals surface area contributed by atoms with Crippen LogP contribution in [0.15, 0.2) is 30.4 Å². The summed E-state index contributed by atoms with van der Waals surface area (Å²) in [6, 6.07) is 6.24. The Morgan fingerprint density at radius 1 is 1.42 bits per heavy atom. The number of amides is 1. The van der Waals surface area contributed by atoms with Crippen molar-refractivity contribution in [2.45, 2.75) is 19.4 Å². The summed E-state index contributed by atoms with van der Waals surface area (Å²) in [6.45, 7) is 2.20. The maximum Gasteiger partial charge on any atom is 0.216 e. The fourth-order valence-electron chi connectivity index (χ4n) is 2.21. The number of fused-ring (bicyclic) bond motifs is 1. The van der Waals surface area contributed by atoms with E-state index < -0.39 is 0 Å². The van der Waals surface area contributed by atoms with Crippen molar-refractivity contribution in [2.75, 3.05) is 13.7 Å². The molecule has 1 aliphatic rings. The first-order chi connectivity index (χ1) is 9.20. The van der Waals surface area contributed by atoms with Crippen LogP contribution in [0.4, 0.5) is 0 Å². The van der Waals surface area contributed by atoms with Gasteiger partial charge in [-0.05, 0) is 28.5 Å². The van der Waals surface area contributed by atoms with Crippen LogP contribution in [0.25, 0.3) is 12.2 Å². The van der Waals surface area contributed by atoms with Crippen LogP contribution in [0, 0.1) is 0 Å². The van der Waals surface area contributed by atoms with Crippen LogP contribution >= 0.6 is 0 Å². The molecule has 0 fully saturated rings. The second kappa shape index (κ2) is 6.34. The quantitative estimate of drug-likeness (QED) is 0.853. The number of carbonyl (C=O) groups excluding carboxylic acids is 1. The zero-order valence-corrected chi connectivity index (χ0v) is 11.3. The van der Waals surface area contributed by atoms with Crippen molar-refractivity contribution in [3.63, 3.8) is 0 Å². The van der Waals surface area contributed by atoms with Crippen molar-refractivity contribution >= 4 is 18.1 Å². The molecule has 3 heteroatoms. The summed E-state index contributed by atoms with van der Waals surface area (Å²) in [6.07, 6.45) is 9.08. The fraction of sp³-hybridized carbons (Fsp3) is 0.312. The van der Waals surface area contributed by atoms with E-state index in [0.29, 0.717) is 6.54 Å². The smallest absolute Gasteiger partial charge is 0.216 e. The molecule has 0 saturated heterocycles. The molecule has 0 aliphatic heterocycles. The molecule has 0 aromatic heterocycles. The molecule has 2 rings (SSSR count). The van der Waals surface area contributed by atoms with Gasteiger partial charge < -0.3 is 10.1 Å². The molecule has 1 amide bonds. The molecular formula is C16H19NO2. The molecule has 1 aliphatic carbocycles. The van der Waals surface area contributed by atoms with Gasteiger partial charge in [0.2, 0.25) is 5.91 Å². The van der Waals surface area contributed by atoms with Gasteiger partial charge in [-0.3, -0.25) is 4.79 Å². The van der Waals surface area contributed by atoms with E-state index in [1.54, 1.807) is 7.11 Å². The fourth-order valence-corrected chi connectivity index (χ4v) is 2.21. The van der Waals surface area contributed by atoms with Gasteiger partial charge in [0.25, 0.3) is 0 Å². The van der Waals surface area contributed by atoms with Gasteiger partial charge in [-0.2, -0.15) is 0 Å². The number of benzene rings is 1. The number of allylic oxidation sites excluding steroid dienone is 1. The lowest BCUT2D eigenvalue weighted by atomic mass is 10.1. The van der Waals surface area contributed by atoms with Crippen LogP contribution in [0.2, 0.25) is 0 Å². The molecule has 3 nitrogen and oxygen atoms in total. The largest absolute Gasteiger partial charge is 0.373 e. The predicted octanol–water partition coefficient (Wildman–Crippen LogP) is 0.511. The van der Waals surface area contributed by atoms with Crippen molar-refractivity contribution in [3.8, 4) is 0 Å². The monoisotopic (exact) mass is 257 g/mol. The van der Waals surface area contributed by atoms with E-state index in [9.17, 15) is 4.79 Å². The predicted molar refractivity (Wildman–Crippen MR) is 76.9 cm³/mol. The molecule has 1 aromatic carbocycles. The first kappa shape index (κ1) is 13.6. The number of carbonyl (C=O) groups is 1. The number of hydrogen-bond acceptors (Lipinski definition) is 2. The van der Waals surface area contributed by atoms with Crippen molar-refractivity contribution in [1.29, 1.82) is 0 Å². The van der Waals surface area contributed by atoms with E-state index in [-0.39, 0.29) is 12.0 Å². The summed E-state index contributed by atoms with van der Waals surface area (Å²) in [5, 5.41) is 5.22. The number of rotatable bonds is 4. The maximum atomic E-state index is 10.9. The number of ether oxygens (including phenoxy) is 1. The minimum Gasteiger partial charge on any atom is -0.373 e. The zero-order chi connectivity index (χ0) is 13.7. The average molecular weight is 257 g/mol. The highest BCUT2D eigenvalue weighted by Crippen LogP contribution is 1.99. The molecule has 100 valence electrons. The lowest BCUT2D eigenvalue weighted by Gasteiger charge is -2.07. The van der Waals surface area contributed by atoms with Crippen molar-refractivity contribution in [2.24, 2.45) is 0 Å². The topological polar surface area (TPSA) is 38.3 Å². The van der Waals surface area contributed by atoms with Gasteiger partial charge >= 0.3 is 0 Å². The van der Waals surface area contributed by atoms with Crippen molar-refractivity contribution in [1.82, 2.24) is 5.32 Å². The summed E-state index contributed by atoms with van der Waals surface area (Å²) in [5.41, 5.74) is 1.23. The van der Waals surface area contributed by atoms with E-state index >= 15 is 0 Å². The first-order valence-electron chi connectivity index (χ1n) is 6.46. The minimum absolute atomic E-state index is 0.000540. The van der Waals surface area contributed by atoms with Crippen LogP contribution in [0.3, 0.4) is 0 Å². The van der Waals surface area contributed by atoms with Crippen LogP contribution in [0.5, 0.6) is 0 Å². The molecule has 1 N–H and O–H groups in total. The third-order valence-corrected chi connectivity index (χ3v) is 3.18. The second-order valence-corrected chi connectivity index (χ2v) is 4.57. The second-order valence-electron chi connectivity index (χ2n) is 4.57. The Balaban J connectivity index is 2.32. The summed E-state index contributed by atoms with van der Waals surface area (Å²) in [5.74, 6) is 0.00833. The summed E-state index contributed by atoms with van der Waals surface area (Å²) >= 11 is 0. The Hall–Kier alpha value is -1.87. The van der Waals surface area contributed by atoms with Gasteiger partial charge in [-0.1, -0.05) is 36.4 Å². The molecule has 0 bridgehead atoms. The van der Waals surface area contributed by atoms with Gasteiger partial charge in [0.1, 0.15) is 0 Å². The van der Waals surface area contributed by atoms with Gasteiger partial charge in [0.05, 0.1) is 6.10 Å². The highest BCUT2D eigenvalue weighted by Gasteiger charge is 2.04. The molecule has 0 saturated carbocycles. The first-order valence-corrected chi connectivity index (χ1v) is 6.46. The Bertz CT molecular complexity index is 602.